The third kappa shape index (κ3) is 3.83. The van der Waals surface area contributed by atoms with E-state index in [4.69, 9.17) is 11.6 Å². The molecule has 1 aromatic carbocycles. The minimum Gasteiger partial charge on any atom is -0.377 e. The lowest BCUT2D eigenvalue weighted by atomic mass is 9.79. The van der Waals surface area contributed by atoms with Gasteiger partial charge >= 0.3 is 0 Å². The zero-order chi connectivity index (χ0) is 19.2. The maximum atomic E-state index is 11.3. The minimum atomic E-state index is -0.754. The number of nitrogens with zero attached hydrogens (tertiary/aromatic N) is 3. The quantitative estimate of drug-likeness (QED) is 0.605. The van der Waals surface area contributed by atoms with Crippen molar-refractivity contribution in [3.05, 3.63) is 37.4 Å². The van der Waals surface area contributed by atoms with Crippen molar-refractivity contribution < 1.29 is 15.1 Å². The van der Waals surface area contributed by atoms with Crippen molar-refractivity contribution in [2.75, 3.05) is 5.32 Å². The maximum Gasteiger partial charge on any atom is 0.299 e. The number of nitro benzene ring substituents is 2. The number of hydrogen-bond donors (Lipinski definition) is 2. The Morgan fingerprint density at radius 2 is 1.60 bits per heavy atom. The zero-order valence-electron chi connectivity index (χ0n) is 14.4. The van der Waals surface area contributed by atoms with Crippen LogP contribution in [-0.4, -0.2) is 37.2 Å². The van der Waals surface area contributed by atoms with Crippen molar-refractivity contribution in [3.8, 4) is 0 Å². The molecule has 10 heteroatoms. The van der Waals surface area contributed by atoms with Crippen LogP contribution in [0, 0.1) is 20.2 Å². The molecule has 0 saturated carbocycles. The van der Waals surface area contributed by atoms with Gasteiger partial charge in [0.25, 0.3) is 11.4 Å². The normalized spacial score (nSPS) is 20.2. The first-order chi connectivity index (χ1) is 11.3. The highest BCUT2D eigenvalue weighted by Crippen LogP contribution is 2.40. The van der Waals surface area contributed by atoms with Crippen molar-refractivity contribution in [2.45, 2.75) is 57.7 Å². The van der Waals surface area contributed by atoms with E-state index >= 15 is 0 Å². The molecule has 1 saturated heterocycles. The molecule has 0 atom stereocenters. The molecule has 0 bridgehead atoms. The van der Waals surface area contributed by atoms with E-state index in [2.05, 4.69) is 5.32 Å². The van der Waals surface area contributed by atoms with Crippen molar-refractivity contribution >= 4 is 28.7 Å². The molecule has 1 aromatic rings. The molecule has 0 spiro atoms. The first-order valence-corrected chi connectivity index (χ1v) is 8.11. The number of piperidine rings is 1. The van der Waals surface area contributed by atoms with E-state index in [-0.39, 0.29) is 16.8 Å². The largest absolute Gasteiger partial charge is 0.377 e. The van der Waals surface area contributed by atoms with Gasteiger partial charge in [-0.1, -0.05) is 11.6 Å². The van der Waals surface area contributed by atoms with Gasteiger partial charge in [0.05, 0.1) is 15.9 Å². The number of benzene rings is 1. The minimum absolute atomic E-state index is 0.128. The first kappa shape index (κ1) is 19.4. The lowest BCUT2D eigenvalue weighted by molar-refractivity contribution is -0.393. The van der Waals surface area contributed by atoms with E-state index in [0.717, 1.165) is 6.07 Å². The van der Waals surface area contributed by atoms with Gasteiger partial charge in [0.1, 0.15) is 10.7 Å². The lowest BCUT2D eigenvalue weighted by Crippen LogP contribution is -2.61. The summed E-state index contributed by atoms with van der Waals surface area (Å²) in [5.74, 6) is 0. The number of hydroxylamine groups is 2. The van der Waals surface area contributed by atoms with Crippen LogP contribution in [0.15, 0.2) is 12.1 Å². The summed E-state index contributed by atoms with van der Waals surface area (Å²) in [6.45, 7) is 7.50. The summed E-state index contributed by atoms with van der Waals surface area (Å²) in [6, 6.07) is 1.90. The highest BCUT2D eigenvalue weighted by atomic mass is 35.5. The van der Waals surface area contributed by atoms with Crippen LogP contribution in [0.2, 0.25) is 5.02 Å². The van der Waals surface area contributed by atoms with E-state index in [1.807, 2.05) is 27.7 Å². The molecule has 0 unspecified atom stereocenters. The number of hydrogen-bond acceptors (Lipinski definition) is 7. The molecule has 1 heterocycles. The summed E-state index contributed by atoms with van der Waals surface area (Å²) in [7, 11) is 0. The average molecular weight is 373 g/mol. The summed E-state index contributed by atoms with van der Waals surface area (Å²) in [5, 5.41) is 36.8. The van der Waals surface area contributed by atoms with E-state index in [1.165, 1.54) is 11.1 Å². The Morgan fingerprint density at radius 3 is 2.04 bits per heavy atom. The van der Waals surface area contributed by atoms with Crippen LogP contribution >= 0.6 is 11.6 Å². The number of nitrogens with one attached hydrogen (secondary N) is 1. The van der Waals surface area contributed by atoms with Gasteiger partial charge < -0.3 is 10.5 Å². The van der Waals surface area contributed by atoms with Gasteiger partial charge in [0, 0.05) is 17.1 Å². The van der Waals surface area contributed by atoms with Crippen molar-refractivity contribution in [1.82, 2.24) is 5.06 Å². The van der Waals surface area contributed by atoms with Crippen molar-refractivity contribution in [1.29, 1.82) is 0 Å². The van der Waals surface area contributed by atoms with Crippen LogP contribution in [0.3, 0.4) is 0 Å². The first-order valence-electron chi connectivity index (χ1n) is 7.73. The SMILES string of the molecule is CC1(C)CC(Nc2cc(Cl)c([N+](=O)[O-])cc2[N+](=O)[O-])CC(C)(C)N1O. The molecule has 0 amide bonds. The molecule has 25 heavy (non-hydrogen) atoms. The highest BCUT2D eigenvalue weighted by Gasteiger charge is 2.45. The second-order valence-electron chi connectivity index (χ2n) is 7.52. The summed E-state index contributed by atoms with van der Waals surface area (Å²) in [4.78, 5) is 20.8. The molecule has 2 N–H and O–H groups in total. The van der Waals surface area contributed by atoms with Crippen molar-refractivity contribution in [2.24, 2.45) is 0 Å². The summed E-state index contributed by atoms with van der Waals surface area (Å²) >= 11 is 5.90. The Balaban J connectivity index is 2.38. The van der Waals surface area contributed by atoms with E-state index in [9.17, 15) is 25.4 Å². The van der Waals surface area contributed by atoms with Crippen LogP contribution in [0.4, 0.5) is 17.1 Å². The molecule has 0 aromatic heterocycles. The smallest absolute Gasteiger partial charge is 0.299 e. The Labute approximate surface area is 149 Å². The molecule has 138 valence electrons. The Bertz CT molecular complexity index is 704. The maximum absolute atomic E-state index is 11.3. The Kier molecular flexibility index (Phi) is 4.95. The van der Waals surface area contributed by atoms with Gasteiger partial charge in [-0.2, -0.15) is 5.06 Å². The van der Waals surface area contributed by atoms with Crippen LogP contribution < -0.4 is 5.32 Å². The van der Waals surface area contributed by atoms with Crippen LogP contribution in [0.25, 0.3) is 0 Å². The van der Waals surface area contributed by atoms with E-state index in [1.54, 1.807) is 0 Å². The number of anilines is 1. The standard InChI is InChI=1S/C15H21ClN4O5/c1-14(2)7-9(8-15(3,4)20(14)25)17-11-5-10(16)12(18(21)22)6-13(11)19(23)24/h5-6,9,17,25H,7-8H2,1-4H3. The third-order valence-electron chi connectivity index (χ3n) is 4.46. The predicted octanol–water partition coefficient (Wildman–Crippen LogP) is 3.98. The molecule has 1 aliphatic rings. The van der Waals surface area contributed by atoms with Gasteiger partial charge in [0.2, 0.25) is 0 Å². The molecule has 9 nitrogen and oxygen atoms in total. The molecule has 1 fully saturated rings. The Morgan fingerprint density at radius 1 is 1.12 bits per heavy atom. The van der Waals surface area contributed by atoms with Crippen LogP contribution in [-0.2, 0) is 0 Å². The van der Waals surface area contributed by atoms with Gasteiger partial charge in [-0.25, -0.2) is 0 Å². The van der Waals surface area contributed by atoms with Gasteiger partial charge in [0.15, 0.2) is 0 Å². The topological polar surface area (TPSA) is 122 Å². The predicted molar refractivity (Wildman–Crippen MR) is 93.2 cm³/mol. The third-order valence-corrected chi connectivity index (χ3v) is 4.76. The van der Waals surface area contributed by atoms with E-state index < -0.39 is 32.3 Å². The molecule has 0 aliphatic carbocycles. The molecule has 1 aliphatic heterocycles. The number of nitro groups is 2. The molecular formula is C15H21ClN4O5. The highest BCUT2D eigenvalue weighted by molar-refractivity contribution is 6.33. The monoisotopic (exact) mass is 372 g/mol. The zero-order valence-corrected chi connectivity index (χ0v) is 15.2. The van der Waals surface area contributed by atoms with Crippen LogP contribution in [0.1, 0.15) is 40.5 Å². The van der Waals surface area contributed by atoms with Gasteiger partial charge in [-0.3, -0.25) is 20.2 Å². The number of rotatable bonds is 4. The number of halogens is 1. The fourth-order valence-electron chi connectivity index (χ4n) is 3.55. The van der Waals surface area contributed by atoms with E-state index in [0.29, 0.717) is 12.8 Å². The second-order valence-corrected chi connectivity index (χ2v) is 7.93. The van der Waals surface area contributed by atoms with Gasteiger partial charge in [-0.15, -0.1) is 0 Å². The molecule has 0 radical (unpaired) electrons. The Hall–Kier alpha value is -1.97. The fraction of sp³-hybridized carbons (Fsp3) is 0.600. The average Bonchev–Trinajstić information content (AvgIpc) is 2.43. The molecular weight excluding hydrogens is 352 g/mol. The lowest BCUT2D eigenvalue weighted by Gasteiger charge is -2.51. The van der Waals surface area contributed by atoms with Crippen LogP contribution in [0.5, 0.6) is 0 Å². The van der Waals surface area contributed by atoms with Crippen molar-refractivity contribution in [3.63, 3.8) is 0 Å². The summed E-state index contributed by atoms with van der Waals surface area (Å²) in [5.41, 5.74) is -1.87. The summed E-state index contributed by atoms with van der Waals surface area (Å²) < 4.78 is 0. The fourth-order valence-corrected chi connectivity index (χ4v) is 3.78. The second kappa shape index (κ2) is 6.40. The van der Waals surface area contributed by atoms with Gasteiger partial charge in [-0.05, 0) is 46.6 Å². The summed E-state index contributed by atoms with van der Waals surface area (Å²) in [6.07, 6.45) is 1.05. The molecule has 2 rings (SSSR count).